The van der Waals surface area contributed by atoms with Crippen molar-refractivity contribution in [3.8, 4) is 11.5 Å². The van der Waals surface area contributed by atoms with Gasteiger partial charge in [0.25, 0.3) is 0 Å². The summed E-state index contributed by atoms with van der Waals surface area (Å²) in [6.07, 6.45) is 1.48. The van der Waals surface area contributed by atoms with Gasteiger partial charge in [-0.2, -0.15) is 0 Å². The van der Waals surface area contributed by atoms with Crippen LogP contribution in [0.1, 0.15) is 32.3 Å². The van der Waals surface area contributed by atoms with Crippen LogP contribution < -0.4 is 19.1 Å². The fraction of sp³-hybridized carbons (Fsp3) is 0.417. The van der Waals surface area contributed by atoms with Crippen LogP contribution in [0.5, 0.6) is 11.5 Å². The lowest BCUT2D eigenvalue weighted by molar-refractivity contribution is -0.140. The highest BCUT2D eigenvalue weighted by atomic mass is 79.9. The van der Waals surface area contributed by atoms with Gasteiger partial charge in [-0.1, -0.05) is 28.1 Å². The van der Waals surface area contributed by atoms with Gasteiger partial charge in [-0.15, -0.1) is 0 Å². The molecule has 1 atom stereocenters. The molecule has 2 aromatic rings. The van der Waals surface area contributed by atoms with Gasteiger partial charge in [-0.05, 0) is 50.1 Å². The summed E-state index contributed by atoms with van der Waals surface area (Å²) in [5.74, 6) is 0.561. The second-order valence-electron chi connectivity index (χ2n) is 8.19. The van der Waals surface area contributed by atoms with Crippen LogP contribution in [0.3, 0.4) is 0 Å². The number of hydrogen-bond acceptors (Lipinski definition) is 6. The molecule has 1 heterocycles. The zero-order valence-electron chi connectivity index (χ0n) is 20.0. The minimum absolute atomic E-state index is 0.0802. The van der Waals surface area contributed by atoms with E-state index in [2.05, 4.69) is 21.2 Å². The lowest BCUT2D eigenvalue weighted by atomic mass is 10.1. The summed E-state index contributed by atoms with van der Waals surface area (Å²) in [5.41, 5.74) is 1.32. The number of benzene rings is 2. The van der Waals surface area contributed by atoms with Crippen molar-refractivity contribution in [3.05, 3.63) is 52.5 Å². The number of hydrogen-bond donors (Lipinski definition) is 1. The number of carbonyl (C=O) groups is 2. The van der Waals surface area contributed by atoms with E-state index in [9.17, 15) is 18.0 Å². The first-order valence-electron chi connectivity index (χ1n) is 11.3. The van der Waals surface area contributed by atoms with Gasteiger partial charge in [0.05, 0.1) is 11.9 Å². The van der Waals surface area contributed by atoms with Crippen LogP contribution in [0.15, 0.2) is 46.9 Å². The summed E-state index contributed by atoms with van der Waals surface area (Å²) in [6, 6.07) is 11.8. The predicted octanol–water partition coefficient (Wildman–Crippen LogP) is 3.28. The van der Waals surface area contributed by atoms with Crippen molar-refractivity contribution < 1.29 is 27.5 Å². The fourth-order valence-corrected chi connectivity index (χ4v) is 4.96. The van der Waals surface area contributed by atoms with Crippen LogP contribution in [0.25, 0.3) is 0 Å². The monoisotopic (exact) mass is 567 g/mol. The SMILES string of the molecule is CCNC(=O)[C@@H](C)N(Cc1ccc(Br)cc1)C(=O)CCCN(c1ccc2c(c1)OCO2)S(C)(=O)=O. The number of amides is 2. The Kier molecular flexibility index (Phi) is 9.01. The van der Waals surface area contributed by atoms with Crippen LogP contribution in [-0.4, -0.2) is 57.3 Å². The van der Waals surface area contributed by atoms with Gasteiger partial charge >= 0.3 is 0 Å². The average Bonchev–Trinajstić information content (AvgIpc) is 3.28. The number of carbonyl (C=O) groups excluding carboxylic acids is 2. The summed E-state index contributed by atoms with van der Waals surface area (Å²) >= 11 is 3.40. The van der Waals surface area contributed by atoms with Crippen LogP contribution in [0.4, 0.5) is 5.69 Å². The molecule has 0 saturated heterocycles. The molecule has 2 amide bonds. The van der Waals surface area contributed by atoms with Gasteiger partial charge in [-0.3, -0.25) is 13.9 Å². The molecule has 1 aliphatic heterocycles. The number of fused-ring (bicyclic) bond motifs is 1. The minimum Gasteiger partial charge on any atom is -0.454 e. The number of anilines is 1. The smallest absolute Gasteiger partial charge is 0.242 e. The van der Waals surface area contributed by atoms with Gasteiger partial charge in [0.2, 0.25) is 28.6 Å². The zero-order chi connectivity index (χ0) is 25.6. The van der Waals surface area contributed by atoms with Crippen molar-refractivity contribution >= 4 is 43.5 Å². The molecule has 35 heavy (non-hydrogen) atoms. The van der Waals surface area contributed by atoms with Gasteiger partial charge in [0, 0.05) is 36.6 Å². The van der Waals surface area contributed by atoms with E-state index in [-0.39, 0.29) is 44.5 Å². The number of sulfonamides is 1. The van der Waals surface area contributed by atoms with E-state index < -0.39 is 16.1 Å². The number of nitrogens with zero attached hydrogens (tertiary/aromatic N) is 2. The molecule has 2 aromatic carbocycles. The third-order valence-electron chi connectivity index (χ3n) is 5.58. The third-order valence-corrected chi connectivity index (χ3v) is 7.30. The van der Waals surface area contributed by atoms with Crippen LogP contribution in [-0.2, 0) is 26.2 Å². The van der Waals surface area contributed by atoms with Crippen molar-refractivity contribution in [2.75, 3.05) is 30.4 Å². The molecule has 0 saturated carbocycles. The lowest BCUT2D eigenvalue weighted by Crippen LogP contribution is -2.47. The normalized spacial score (nSPS) is 13.3. The first-order valence-corrected chi connectivity index (χ1v) is 13.9. The highest BCUT2D eigenvalue weighted by Crippen LogP contribution is 2.36. The van der Waals surface area contributed by atoms with E-state index in [4.69, 9.17) is 9.47 Å². The summed E-state index contributed by atoms with van der Waals surface area (Å²) in [7, 11) is -3.60. The second kappa shape index (κ2) is 11.8. The van der Waals surface area contributed by atoms with Crippen molar-refractivity contribution in [3.63, 3.8) is 0 Å². The van der Waals surface area contributed by atoms with Crippen LogP contribution in [0.2, 0.25) is 0 Å². The number of ether oxygens (including phenoxy) is 2. The summed E-state index contributed by atoms with van der Waals surface area (Å²) < 4.78 is 37.8. The van der Waals surface area contributed by atoms with E-state index in [0.29, 0.717) is 23.7 Å². The molecular formula is C24H30BrN3O6S. The number of likely N-dealkylation sites (N-methyl/N-ethyl adjacent to an activating group) is 1. The Morgan fingerprint density at radius 3 is 2.46 bits per heavy atom. The molecule has 0 aliphatic carbocycles. The predicted molar refractivity (Wildman–Crippen MR) is 137 cm³/mol. The first kappa shape index (κ1) is 26.8. The molecule has 0 aromatic heterocycles. The zero-order valence-corrected chi connectivity index (χ0v) is 22.4. The van der Waals surface area contributed by atoms with Crippen LogP contribution in [0, 0.1) is 0 Å². The molecule has 9 nitrogen and oxygen atoms in total. The molecule has 0 radical (unpaired) electrons. The Morgan fingerprint density at radius 1 is 1.11 bits per heavy atom. The van der Waals surface area contributed by atoms with E-state index >= 15 is 0 Å². The van der Waals surface area contributed by atoms with Gasteiger partial charge < -0.3 is 19.7 Å². The van der Waals surface area contributed by atoms with Crippen molar-refractivity contribution in [1.29, 1.82) is 0 Å². The summed E-state index contributed by atoms with van der Waals surface area (Å²) in [4.78, 5) is 27.2. The van der Waals surface area contributed by atoms with E-state index in [0.717, 1.165) is 16.3 Å². The maximum absolute atomic E-state index is 13.2. The topological polar surface area (TPSA) is 105 Å². The second-order valence-corrected chi connectivity index (χ2v) is 11.0. The Bertz CT molecular complexity index is 1160. The first-order chi connectivity index (χ1) is 16.6. The molecule has 11 heteroatoms. The Balaban J connectivity index is 1.71. The summed E-state index contributed by atoms with van der Waals surface area (Å²) in [6.45, 7) is 4.43. The van der Waals surface area contributed by atoms with Crippen molar-refractivity contribution in [1.82, 2.24) is 10.2 Å². The fourth-order valence-electron chi connectivity index (χ4n) is 3.74. The number of rotatable bonds is 11. The largest absolute Gasteiger partial charge is 0.454 e. The molecule has 1 N–H and O–H groups in total. The van der Waals surface area contributed by atoms with Crippen molar-refractivity contribution in [2.24, 2.45) is 0 Å². The highest BCUT2D eigenvalue weighted by Gasteiger charge is 2.27. The number of halogens is 1. The van der Waals surface area contributed by atoms with Gasteiger partial charge in [0.1, 0.15) is 6.04 Å². The lowest BCUT2D eigenvalue weighted by Gasteiger charge is -2.29. The molecule has 190 valence electrons. The number of nitrogens with one attached hydrogen (secondary N) is 1. The molecule has 0 fully saturated rings. The quantitative estimate of drug-likeness (QED) is 0.446. The molecule has 0 spiro atoms. The van der Waals surface area contributed by atoms with Crippen LogP contribution >= 0.6 is 15.9 Å². The Hall–Kier alpha value is -2.79. The standard InChI is InChI=1S/C24H30BrN3O6S/c1-4-26-24(30)17(2)27(15-18-7-9-19(25)10-8-18)23(29)6-5-13-28(35(3,31)32)20-11-12-21-22(14-20)34-16-33-21/h7-12,14,17H,4-6,13,15-16H2,1-3H3,(H,26,30)/t17-/m1/s1. The van der Waals surface area contributed by atoms with Crippen molar-refractivity contribution in [2.45, 2.75) is 39.3 Å². The molecular weight excluding hydrogens is 538 g/mol. The maximum Gasteiger partial charge on any atom is 0.242 e. The van der Waals surface area contributed by atoms with Gasteiger partial charge in [-0.25, -0.2) is 8.42 Å². The maximum atomic E-state index is 13.2. The Labute approximate surface area is 214 Å². The molecule has 0 unspecified atom stereocenters. The minimum atomic E-state index is -3.60. The molecule has 1 aliphatic rings. The Morgan fingerprint density at radius 2 is 1.80 bits per heavy atom. The summed E-state index contributed by atoms with van der Waals surface area (Å²) in [5, 5.41) is 2.76. The average molecular weight is 568 g/mol. The van der Waals surface area contributed by atoms with Gasteiger partial charge in [0.15, 0.2) is 11.5 Å². The van der Waals surface area contributed by atoms with E-state index in [1.807, 2.05) is 31.2 Å². The van der Waals surface area contributed by atoms with E-state index in [1.54, 1.807) is 25.1 Å². The molecule has 3 rings (SSSR count). The van der Waals surface area contributed by atoms with E-state index in [1.165, 1.54) is 9.21 Å². The molecule has 0 bridgehead atoms. The third kappa shape index (κ3) is 7.11. The highest BCUT2D eigenvalue weighted by molar-refractivity contribution is 9.10.